The molecule has 0 aromatic carbocycles. The first kappa shape index (κ1) is 25.2. The van der Waals surface area contributed by atoms with E-state index in [1.165, 1.54) is 33.4 Å². The SMILES string of the molecule is CC1=[C-]C(C)(C)C(C)=C1C.CC1=[C-]C(C)(C)C(C)=C1C.[CH2-]Cl.[Ti+3]. The molecular formula is C21H32ClTi. The molecule has 0 bridgehead atoms. The molecular weight excluding hydrogens is 336 g/mol. The Morgan fingerprint density at radius 1 is 0.652 bits per heavy atom. The first-order valence-electron chi connectivity index (χ1n) is 7.77. The molecule has 2 aliphatic carbocycles. The second-order valence-electron chi connectivity index (χ2n) is 7.25. The van der Waals surface area contributed by atoms with Crippen LogP contribution in [0, 0.1) is 29.4 Å². The molecule has 0 fully saturated rings. The molecule has 23 heavy (non-hydrogen) atoms. The van der Waals surface area contributed by atoms with Crippen molar-refractivity contribution >= 4 is 11.6 Å². The molecule has 0 atom stereocenters. The van der Waals surface area contributed by atoms with Crippen LogP contribution in [0.5, 0.6) is 0 Å². The maximum absolute atomic E-state index is 4.39. The Balaban J connectivity index is 0. The van der Waals surface area contributed by atoms with Gasteiger partial charge in [-0.15, -0.1) is 13.8 Å². The quantitative estimate of drug-likeness (QED) is 0.312. The molecule has 1 radical (unpaired) electrons. The van der Waals surface area contributed by atoms with Crippen LogP contribution in [-0.2, 0) is 21.7 Å². The molecule has 2 aliphatic rings. The van der Waals surface area contributed by atoms with Crippen molar-refractivity contribution < 1.29 is 21.7 Å². The molecule has 0 saturated carbocycles. The zero-order chi connectivity index (χ0) is 17.9. The van der Waals surface area contributed by atoms with E-state index in [0.717, 1.165) is 0 Å². The third-order valence-electron chi connectivity index (χ3n) is 5.12. The van der Waals surface area contributed by atoms with Gasteiger partial charge >= 0.3 is 21.7 Å². The summed E-state index contributed by atoms with van der Waals surface area (Å²) in [5.74, 6) is 0. The van der Waals surface area contributed by atoms with Crippen molar-refractivity contribution in [3.05, 3.63) is 52.0 Å². The number of hydrogen-bond donors (Lipinski definition) is 0. The molecule has 0 aromatic rings. The van der Waals surface area contributed by atoms with Crippen LogP contribution in [-0.4, -0.2) is 0 Å². The van der Waals surface area contributed by atoms with Crippen molar-refractivity contribution in [1.82, 2.24) is 0 Å². The van der Waals surface area contributed by atoms with E-state index in [1.54, 1.807) is 0 Å². The Morgan fingerprint density at radius 3 is 0.913 bits per heavy atom. The Hall–Kier alpha value is -0.0357. The fraction of sp³-hybridized carbons (Fsp3) is 0.571. The topological polar surface area (TPSA) is 0 Å². The molecule has 0 aliphatic heterocycles. The second kappa shape index (κ2) is 9.45. The van der Waals surface area contributed by atoms with Crippen molar-refractivity contribution in [3.63, 3.8) is 0 Å². The summed E-state index contributed by atoms with van der Waals surface area (Å²) < 4.78 is 0. The summed E-state index contributed by atoms with van der Waals surface area (Å²) in [6.45, 7) is 21.8. The standard InChI is InChI=1S/2C10H15.CH2Cl.Ti/c2*1-7-6-10(4,5)9(3)8(7)2;1-2;/h2*1-5H3;1H2;/q3*-1;+3. The molecule has 0 amide bonds. The predicted octanol–water partition coefficient (Wildman–Crippen LogP) is 7.24. The van der Waals surface area contributed by atoms with Gasteiger partial charge in [0.25, 0.3) is 0 Å². The smallest absolute Gasteiger partial charge is 0.352 e. The van der Waals surface area contributed by atoms with Gasteiger partial charge in [0, 0.05) is 0 Å². The Morgan fingerprint density at radius 2 is 0.870 bits per heavy atom. The Kier molecular flexibility index (Phi) is 10.4. The third kappa shape index (κ3) is 6.07. The first-order chi connectivity index (χ1) is 9.90. The average Bonchev–Trinajstić information content (AvgIpc) is 2.72. The molecule has 0 nitrogen and oxygen atoms in total. The molecule has 2 rings (SSSR count). The summed E-state index contributed by atoms with van der Waals surface area (Å²) in [6, 6.07) is 0. The van der Waals surface area contributed by atoms with Crippen LogP contribution in [0.3, 0.4) is 0 Å². The molecule has 0 N–H and O–H groups in total. The van der Waals surface area contributed by atoms with E-state index in [1.807, 2.05) is 0 Å². The number of allylic oxidation sites excluding steroid dienone is 8. The maximum atomic E-state index is 4.39. The predicted molar refractivity (Wildman–Crippen MR) is 100 cm³/mol. The molecule has 127 valence electrons. The summed E-state index contributed by atoms with van der Waals surface area (Å²) in [6.07, 6.45) is 9.59. The van der Waals surface area contributed by atoms with Crippen LogP contribution in [0.15, 0.2) is 33.4 Å². The van der Waals surface area contributed by atoms with E-state index >= 15 is 0 Å². The van der Waals surface area contributed by atoms with E-state index in [9.17, 15) is 0 Å². The van der Waals surface area contributed by atoms with Gasteiger partial charge in [-0.25, -0.2) is 11.1 Å². The van der Waals surface area contributed by atoms with Crippen LogP contribution in [0.4, 0.5) is 0 Å². The van der Waals surface area contributed by atoms with E-state index in [0.29, 0.717) is 0 Å². The maximum Gasteiger partial charge on any atom is 3.00 e. The van der Waals surface area contributed by atoms with Crippen LogP contribution in [0.1, 0.15) is 69.2 Å². The van der Waals surface area contributed by atoms with E-state index in [-0.39, 0.29) is 32.5 Å². The Labute approximate surface area is 165 Å². The van der Waals surface area contributed by atoms with Crippen molar-refractivity contribution in [2.45, 2.75) is 69.2 Å². The van der Waals surface area contributed by atoms with Crippen LogP contribution < -0.4 is 0 Å². The minimum atomic E-state index is 0. The van der Waals surface area contributed by atoms with Crippen LogP contribution in [0.2, 0.25) is 0 Å². The number of rotatable bonds is 0. The summed E-state index contributed by atoms with van der Waals surface area (Å²) in [4.78, 5) is 0. The zero-order valence-corrected chi connectivity index (χ0v) is 18.9. The normalized spacial score (nSPS) is 20.7. The molecule has 0 heterocycles. The zero-order valence-electron chi connectivity index (χ0n) is 16.6. The summed E-state index contributed by atoms with van der Waals surface area (Å²) in [5, 5.41) is 0. The van der Waals surface area contributed by atoms with Gasteiger partial charge in [-0.2, -0.15) is 22.3 Å². The van der Waals surface area contributed by atoms with E-state index in [2.05, 4.69) is 99.4 Å². The van der Waals surface area contributed by atoms with Gasteiger partial charge in [-0.05, 0) is 0 Å². The van der Waals surface area contributed by atoms with Crippen LogP contribution >= 0.6 is 11.6 Å². The van der Waals surface area contributed by atoms with Gasteiger partial charge < -0.3 is 11.6 Å². The fourth-order valence-corrected chi connectivity index (χ4v) is 2.81. The van der Waals surface area contributed by atoms with E-state index in [4.69, 9.17) is 0 Å². The van der Waals surface area contributed by atoms with Crippen molar-refractivity contribution in [2.24, 2.45) is 10.8 Å². The van der Waals surface area contributed by atoms with Gasteiger partial charge in [0.2, 0.25) is 0 Å². The minimum Gasteiger partial charge on any atom is -0.352 e. The van der Waals surface area contributed by atoms with Gasteiger partial charge in [0.05, 0.1) is 0 Å². The van der Waals surface area contributed by atoms with Gasteiger partial charge in [-0.3, -0.25) is 18.5 Å². The molecule has 2 heteroatoms. The second-order valence-corrected chi connectivity index (χ2v) is 7.25. The monoisotopic (exact) mass is 367 g/mol. The van der Waals surface area contributed by atoms with Crippen molar-refractivity contribution in [3.8, 4) is 0 Å². The number of halogens is 1. The van der Waals surface area contributed by atoms with E-state index < -0.39 is 0 Å². The van der Waals surface area contributed by atoms with Gasteiger partial charge in [-0.1, -0.05) is 66.2 Å². The number of hydrogen-bond acceptors (Lipinski definition) is 0. The first-order valence-corrected chi connectivity index (χ1v) is 8.30. The average molecular weight is 368 g/mol. The largest absolute Gasteiger partial charge is 3.00 e. The molecule has 0 unspecified atom stereocenters. The van der Waals surface area contributed by atoms with Crippen molar-refractivity contribution in [1.29, 1.82) is 0 Å². The Bertz CT molecular complexity index is 490. The van der Waals surface area contributed by atoms with Gasteiger partial charge in [0.15, 0.2) is 0 Å². The van der Waals surface area contributed by atoms with Crippen molar-refractivity contribution in [2.75, 3.05) is 0 Å². The molecule has 0 spiro atoms. The third-order valence-corrected chi connectivity index (χ3v) is 5.12. The summed E-state index contributed by atoms with van der Waals surface area (Å²) in [7, 11) is 0. The molecule has 0 aromatic heterocycles. The molecule has 0 saturated heterocycles. The fourth-order valence-electron chi connectivity index (χ4n) is 2.81. The summed E-state index contributed by atoms with van der Waals surface area (Å²) in [5.41, 5.74) is 8.79. The summed E-state index contributed by atoms with van der Waals surface area (Å²) >= 11 is 4.39. The van der Waals surface area contributed by atoms with Crippen LogP contribution in [0.25, 0.3) is 0 Å². The minimum absolute atomic E-state index is 0. The van der Waals surface area contributed by atoms with Gasteiger partial charge in [0.1, 0.15) is 0 Å².